The van der Waals surface area contributed by atoms with Crippen LogP contribution in [0.15, 0.2) is 60.7 Å². The van der Waals surface area contributed by atoms with Gasteiger partial charge in [0.25, 0.3) is 0 Å². The van der Waals surface area contributed by atoms with Crippen molar-refractivity contribution in [3.63, 3.8) is 0 Å². The smallest absolute Gasteiger partial charge is 0.226 e. The number of hydrogen-bond donors (Lipinski definition) is 1. The van der Waals surface area contributed by atoms with Gasteiger partial charge < -0.3 is 10.1 Å². The van der Waals surface area contributed by atoms with E-state index >= 15 is 0 Å². The minimum Gasteiger partial charge on any atom is -0.489 e. The molecule has 0 saturated heterocycles. The average molecular weight is 480 g/mol. The highest BCUT2D eigenvalue weighted by molar-refractivity contribution is 6.31. The van der Waals surface area contributed by atoms with Crippen molar-refractivity contribution in [3.05, 3.63) is 93.2 Å². The number of benzene rings is 2. The molecule has 0 unspecified atom stereocenters. The average Bonchev–Trinajstić information content (AvgIpc) is 3.15. The molecule has 1 atom stereocenters. The van der Waals surface area contributed by atoms with Crippen LogP contribution in [0.2, 0.25) is 10.2 Å². The molecule has 5 rings (SSSR count). The van der Waals surface area contributed by atoms with Gasteiger partial charge in [0.05, 0.1) is 5.69 Å². The number of fused-ring (bicyclic) bond motifs is 1. The molecule has 0 fully saturated rings. The Kier molecular flexibility index (Phi) is 5.74. The Balaban J connectivity index is 1.47. The Hall–Kier alpha value is -3.42. The zero-order valence-corrected chi connectivity index (χ0v) is 19.1. The highest BCUT2D eigenvalue weighted by atomic mass is 35.5. The third-order valence-corrected chi connectivity index (χ3v) is 6.12. The number of nitrogens with one attached hydrogen (secondary N) is 1. The molecule has 0 saturated carbocycles. The lowest BCUT2D eigenvalue weighted by molar-refractivity contribution is -0.116. The summed E-state index contributed by atoms with van der Waals surface area (Å²) in [6.45, 7) is 2.27. The molecule has 0 spiro atoms. The summed E-state index contributed by atoms with van der Waals surface area (Å²) in [6, 6.07) is 18.7. The van der Waals surface area contributed by atoms with Crippen molar-refractivity contribution in [3.8, 4) is 11.6 Å². The Bertz CT molecular complexity index is 1340. The van der Waals surface area contributed by atoms with Gasteiger partial charge >= 0.3 is 0 Å². The van der Waals surface area contributed by atoms with Crippen molar-refractivity contribution >= 4 is 34.9 Å². The second-order valence-electron chi connectivity index (χ2n) is 7.73. The van der Waals surface area contributed by atoms with E-state index in [4.69, 9.17) is 27.9 Å². The molecular formula is C24H19Cl2N5O2. The number of ether oxygens (including phenoxy) is 1. The normalized spacial score (nSPS) is 15.1. The van der Waals surface area contributed by atoms with Gasteiger partial charge in [-0.15, -0.1) is 10.2 Å². The topological polar surface area (TPSA) is 81.9 Å². The first-order chi connectivity index (χ1) is 16.0. The van der Waals surface area contributed by atoms with E-state index in [2.05, 4.69) is 20.6 Å². The maximum Gasteiger partial charge on any atom is 0.226 e. The molecule has 1 N–H and O–H groups in total. The van der Waals surface area contributed by atoms with Gasteiger partial charge in [-0.1, -0.05) is 53.5 Å². The molecule has 0 aliphatic carbocycles. The lowest BCUT2D eigenvalue weighted by atomic mass is 9.86. The Morgan fingerprint density at radius 2 is 1.94 bits per heavy atom. The van der Waals surface area contributed by atoms with Crippen LogP contribution in [0.3, 0.4) is 0 Å². The fourth-order valence-corrected chi connectivity index (χ4v) is 4.31. The number of amides is 1. The molecule has 4 aromatic rings. The lowest BCUT2D eigenvalue weighted by Crippen LogP contribution is -2.25. The molecule has 0 bridgehead atoms. The summed E-state index contributed by atoms with van der Waals surface area (Å²) in [5.41, 5.74) is 3.61. The Morgan fingerprint density at radius 3 is 2.73 bits per heavy atom. The summed E-state index contributed by atoms with van der Waals surface area (Å²) in [5, 5.41) is 16.5. The van der Waals surface area contributed by atoms with E-state index in [1.54, 1.807) is 16.8 Å². The van der Waals surface area contributed by atoms with Crippen LogP contribution in [0.4, 0.5) is 5.82 Å². The highest BCUT2D eigenvalue weighted by Crippen LogP contribution is 2.40. The third kappa shape index (κ3) is 4.29. The van der Waals surface area contributed by atoms with Gasteiger partial charge in [-0.05, 0) is 42.8 Å². The van der Waals surface area contributed by atoms with Gasteiger partial charge in [-0.3, -0.25) is 4.79 Å². The number of hydrogen-bond acceptors (Lipinski definition) is 5. The molecule has 33 heavy (non-hydrogen) atoms. The third-order valence-electron chi connectivity index (χ3n) is 5.55. The Morgan fingerprint density at radius 1 is 1.09 bits per heavy atom. The van der Waals surface area contributed by atoms with Crippen LogP contribution in [0, 0.1) is 6.92 Å². The fourth-order valence-electron chi connectivity index (χ4n) is 4.02. The van der Waals surface area contributed by atoms with Gasteiger partial charge in [-0.25, -0.2) is 0 Å². The van der Waals surface area contributed by atoms with E-state index in [1.165, 1.54) is 0 Å². The molecule has 7 nitrogen and oxygen atoms in total. The number of nitrogens with zero attached hydrogens (tertiary/aromatic N) is 4. The van der Waals surface area contributed by atoms with E-state index in [0.29, 0.717) is 35.4 Å². The Labute approximate surface area is 200 Å². The summed E-state index contributed by atoms with van der Waals surface area (Å²) in [7, 11) is 0. The molecule has 2 aromatic heterocycles. The van der Waals surface area contributed by atoms with Gasteiger partial charge in [0, 0.05) is 28.5 Å². The van der Waals surface area contributed by atoms with Crippen LogP contribution in [0.1, 0.15) is 34.7 Å². The van der Waals surface area contributed by atoms with Crippen molar-refractivity contribution in [1.29, 1.82) is 0 Å². The number of rotatable bonds is 5. The van der Waals surface area contributed by atoms with Crippen LogP contribution in [-0.2, 0) is 11.4 Å². The maximum absolute atomic E-state index is 12.6. The highest BCUT2D eigenvalue weighted by Gasteiger charge is 2.33. The predicted octanol–water partition coefficient (Wildman–Crippen LogP) is 5.33. The van der Waals surface area contributed by atoms with E-state index in [9.17, 15) is 4.79 Å². The first kappa shape index (κ1) is 21.4. The minimum atomic E-state index is -0.174. The molecule has 0 radical (unpaired) electrons. The van der Waals surface area contributed by atoms with E-state index in [0.717, 1.165) is 22.4 Å². The maximum atomic E-state index is 12.6. The van der Waals surface area contributed by atoms with Crippen molar-refractivity contribution in [2.45, 2.75) is 25.9 Å². The first-order valence-electron chi connectivity index (χ1n) is 10.3. The summed E-state index contributed by atoms with van der Waals surface area (Å²) in [5.74, 6) is 1.49. The van der Waals surface area contributed by atoms with Crippen LogP contribution < -0.4 is 10.1 Å². The molecule has 3 heterocycles. The van der Waals surface area contributed by atoms with Crippen LogP contribution in [0.5, 0.6) is 5.75 Å². The second kappa shape index (κ2) is 8.84. The zero-order valence-electron chi connectivity index (χ0n) is 17.6. The summed E-state index contributed by atoms with van der Waals surface area (Å²) in [6.07, 6.45) is 0.305. The number of carbonyl (C=O) groups excluding carboxylic acids is 1. The second-order valence-corrected chi connectivity index (χ2v) is 8.53. The minimum absolute atomic E-state index is 0.0991. The molecule has 166 valence electrons. The molecule has 1 aliphatic rings. The number of aryl methyl sites for hydroxylation is 1. The lowest BCUT2D eigenvalue weighted by Gasteiger charge is -2.24. The summed E-state index contributed by atoms with van der Waals surface area (Å²) >= 11 is 12.1. The standard InChI is InChI=1S/C24H19Cl2N5O2/c1-14-23-18(12-22(32)27-24(23)31(30-14)21-10-9-20(26)28-29-21)15-6-4-7-17(11-15)33-13-16-5-2-3-8-19(16)25/h2-11,18H,12-13H2,1H3,(H,27,32)/t18-/m1/s1. The molecular weight excluding hydrogens is 461 g/mol. The summed E-state index contributed by atoms with van der Waals surface area (Å²) in [4.78, 5) is 12.6. The van der Waals surface area contributed by atoms with Gasteiger partial charge in [0.2, 0.25) is 5.91 Å². The number of aromatic nitrogens is 4. The quantitative estimate of drug-likeness (QED) is 0.418. The molecule has 1 aliphatic heterocycles. The largest absolute Gasteiger partial charge is 0.489 e. The van der Waals surface area contributed by atoms with E-state index < -0.39 is 0 Å². The van der Waals surface area contributed by atoms with E-state index in [-0.39, 0.29) is 17.0 Å². The monoisotopic (exact) mass is 479 g/mol. The molecule has 9 heteroatoms. The number of halogens is 2. The van der Waals surface area contributed by atoms with Crippen LogP contribution in [0.25, 0.3) is 5.82 Å². The number of anilines is 1. The fraction of sp³-hybridized carbons (Fsp3) is 0.167. The molecule has 1 amide bonds. The van der Waals surface area contributed by atoms with Crippen LogP contribution in [-0.4, -0.2) is 25.9 Å². The SMILES string of the molecule is Cc1nn(-c2ccc(Cl)nn2)c2c1[C@@H](c1cccc(OCc3ccccc3Cl)c1)CC(=O)N2. The van der Waals surface area contributed by atoms with E-state index in [1.807, 2.05) is 55.5 Å². The van der Waals surface area contributed by atoms with Gasteiger partial charge in [0.1, 0.15) is 18.2 Å². The zero-order chi connectivity index (χ0) is 22.9. The van der Waals surface area contributed by atoms with Crippen molar-refractivity contribution < 1.29 is 9.53 Å². The van der Waals surface area contributed by atoms with Gasteiger partial charge in [-0.2, -0.15) is 9.78 Å². The van der Waals surface area contributed by atoms with Crippen LogP contribution >= 0.6 is 23.2 Å². The van der Waals surface area contributed by atoms with Crippen molar-refractivity contribution in [2.75, 3.05) is 5.32 Å². The summed E-state index contributed by atoms with van der Waals surface area (Å²) < 4.78 is 7.59. The van der Waals surface area contributed by atoms with Gasteiger partial charge in [0.15, 0.2) is 11.0 Å². The molecule has 2 aromatic carbocycles. The number of carbonyl (C=O) groups is 1. The first-order valence-corrected chi connectivity index (χ1v) is 11.1. The van der Waals surface area contributed by atoms with Crippen molar-refractivity contribution in [2.24, 2.45) is 0 Å². The van der Waals surface area contributed by atoms with Crippen molar-refractivity contribution in [1.82, 2.24) is 20.0 Å². The predicted molar refractivity (Wildman–Crippen MR) is 126 cm³/mol.